The van der Waals surface area contributed by atoms with Crippen LogP contribution in [0.5, 0.6) is 0 Å². The van der Waals surface area contributed by atoms with E-state index in [1.54, 1.807) is 57.8 Å². The van der Waals surface area contributed by atoms with Crippen LogP contribution in [0.3, 0.4) is 0 Å². The largest absolute Gasteiger partial charge is 0.155 e. The lowest BCUT2D eigenvalue weighted by atomic mass is 9.61. The fraction of sp³-hybridized carbons (Fsp3) is 1.00. The van der Waals surface area contributed by atoms with Crippen molar-refractivity contribution in [1.82, 2.24) is 0 Å². The molecule has 0 N–H and O–H groups in total. The van der Waals surface area contributed by atoms with Crippen LogP contribution in [0.1, 0.15) is 131 Å². The van der Waals surface area contributed by atoms with Crippen molar-refractivity contribution in [3.63, 3.8) is 0 Å². The molecule has 6 fully saturated rings. The molecule has 2 heteroatoms. The Hall–Kier alpha value is 0.567. The van der Waals surface area contributed by atoms with Crippen LogP contribution in [0.2, 0.25) is 24.2 Å². The maximum absolute atomic E-state index is 2.94. The van der Waals surface area contributed by atoms with Crippen molar-refractivity contribution in [3.8, 4) is 0 Å². The smallest absolute Gasteiger partial charge is 0.0555 e. The maximum Gasteiger partial charge on any atom is 0.0555 e. The van der Waals surface area contributed by atoms with E-state index in [2.05, 4.69) is 66.4 Å². The SMILES string of the molecule is CC1CC2C(C3CCC(C(C)(C)C)CC3)CCCC2C1[Si](C)(C)C1C(C)CC2C1SC(C)C2C1CCCCC1. The van der Waals surface area contributed by atoms with Crippen LogP contribution in [-0.2, 0) is 0 Å². The first-order chi connectivity index (χ1) is 18.5. The van der Waals surface area contributed by atoms with E-state index >= 15 is 0 Å². The molecule has 224 valence electrons. The van der Waals surface area contributed by atoms with E-state index in [0.717, 1.165) is 80.8 Å². The van der Waals surface area contributed by atoms with Crippen LogP contribution in [0.4, 0.5) is 0 Å². The Labute approximate surface area is 249 Å². The second kappa shape index (κ2) is 11.2. The Kier molecular flexibility index (Phi) is 8.54. The number of hydrogen-bond donors (Lipinski definition) is 0. The minimum atomic E-state index is -1.40. The molecule has 6 rings (SSSR count). The van der Waals surface area contributed by atoms with Crippen molar-refractivity contribution in [2.24, 2.45) is 64.6 Å². The molecule has 1 heterocycles. The minimum Gasteiger partial charge on any atom is -0.155 e. The van der Waals surface area contributed by atoms with Gasteiger partial charge in [0.15, 0.2) is 0 Å². The highest BCUT2D eigenvalue weighted by Crippen LogP contribution is 2.68. The lowest BCUT2D eigenvalue weighted by Crippen LogP contribution is -2.47. The summed E-state index contributed by atoms with van der Waals surface area (Å²) in [6.45, 7) is 21.5. The average Bonchev–Trinajstić information content (AvgIpc) is 3.50. The Morgan fingerprint density at radius 3 is 1.87 bits per heavy atom. The number of rotatable bonds is 4. The van der Waals surface area contributed by atoms with Crippen molar-refractivity contribution in [2.45, 2.75) is 166 Å². The zero-order valence-electron chi connectivity index (χ0n) is 27.4. The van der Waals surface area contributed by atoms with Gasteiger partial charge >= 0.3 is 0 Å². The third kappa shape index (κ3) is 5.31. The third-order valence-electron chi connectivity index (χ3n) is 14.8. The Morgan fingerprint density at radius 2 is 1.21 bits per heavy atom. The molecular formula is C37H66SSi. The van der Waals surface area contributed by atoms with Crippen LogP contribution < -0.4 is 0 Å². The number of thioether (sulfide) groups is 1. The first-order valence-electron chi connectivity index (χ1n) is 18.1. The van der Waals surface area contributed by atoms with E-state index in [1.807, 2.05) is 0 Å². The lowest BCUT2D eigenvalue weighted by molar-refractivity contribution is 0.0638. The van der Waals surface area contributed by atoms with Crippen LogP contribution in [0.15, 0.2) is 0 Å². The fourth-order valence-electron chi connectivity index (χ4n) is 13.6. The topological polar surface area (TPSA) is 0 Å². The van der Waals surface area contributed by atoms with Crippen LogP contribution >= 0.6 is 11.8 Å². The van der Waals surface area contributed by atoms with Gasteiger partial charge in [0.05, 0.1) is 8.07 Å². The van der Waals surface area contributed by atoms with Gasteiger partial charge in [0.1, 0.15) is 0 Å². The predicted octanol–water partition coefficient (Wildman–Crippen LogP) is 11.7. The molecule has 39 heavy (non-hydrogen) atoms. The summed E-state index contributed by atoms with van der Waals surface area (Å²) in [5.74, 6) is 10.4. The highest BCUT2D eigenvalue weighted by molar-refractivity contribution is 8.00. The number of fused-ring (bicyclic) bond motifs is 2. The Morgan fingerprint density at radius 1 is 0.590 bits per heavy atom. The summed E-state index contributed by atoms with van der Waals surface area (Å²) in [5.41, 5.74) is 2.70. The van der Waals surface area contributed by atoms with Gasteiger partial charge in [0.2, 0.25) is 0 Å². The first kappa shape index (κ1) is 29.6. The summed E-state index contributed by atoms with van der Waals surface area (Å²) >= 11 is 2.53. The molecule has 0 aromatic carbocycles. The van der Waals surface area contributed by atoms with E-state index in [9.17, 15) is 0 Å². The third-order valence-corrected chi connectivity index (χ3v) is 22.2. The van der Waals surface area contributed by atoms with Gasteiger partial charge in [-0.3, -0.25) is 0 Å². The van der Waals surface area contributed by atoms with E-state index in [4.69, 9.17) is 0 Å². The zero-order chi connectivity index (χ0) is 27.7. The molecule has 1 saturated heterocycles. The summed E-state index contributed by atoms with van der Waals surface area (Å²) in [4.78, 5) is 0. The standard InChI is InChI=1S/C37H66SSi/c1-23-21-31-29(26-17-19-28(20-18-26)37(4,5)6)15-12-16-30(31)35(23)39(7,8)36-24(2)22-32-33(25(3)38-34(32)36)27-13-10-9-11-14-27/h23-36H,9-22H2,1-8H3. The molecule has 0 aromatic heterocycles. The summed E-state index contributed by atoms with van der Waals surface area (Å²) in [6.07, 6.45) is 21.7. The van der Waals surface area contributed by atoms with Gasteiger partial charge in [-0.15, -0.1) is 0 Å². The van der Waals surface area contributed by atoms with Gasteiger partial charge in [-0.2, -0.15) is 11.8 Å². The normalized spacial score (nSPS) is 49.7. The molecule has 0 radical (unpaired) electrons. The van der Waals surface area contributed by atoms with Gasteiger partial charge in [-0.1, -0.05) is 99.6 Å². The van der Waals surface area contributed by atoms with Crippen molar-refractivity contribution in [2.75, 3.05) is 0 Å². The van der Waals surface area contributed by atoms with E-state index < -0.39 is 8.07 Å². The van der Waals surface area contributed by atoms with Crippen molar-refractivity contribution in [3.05, 3.63) is 0 Å². The van der Waals surface area contributed by atoms with E-state index in [-0.39, 0.29) is 0 Å². The molecule has 5 saturated carbocycles. The highest BCUT2D eigenvalue weighted by Gasteiger charge is 2.62. The summed E-state index contributed by atoms with van der Waals surface area (Å²) in [5, 5.41) is 1.95. The molecule has 0 spiro atoms. The quantitative estimate of drug-likeness (QED) is 0.303. The first-order valence-corrected chi connectivity index (χ1v) is 22.2. The molecule has 11 atom stereocenters. The lowest BCUT2D eigenvalue weighted by Gasteiger charge is -2.49. The molecule has 11 unspecified atom stereocenters. The van der Waals surface area contributed by atoms with Gasteiger partial charge < -0.3 is 0 Å². The van der Waals surface area contributed by atoms with Crippen LogP contribution in [0, 0.1) is 64.6 Å². The Bertz CT molecular complexity index is 829. The molecule has 0 aromatic rings. The zero-order valence-corrected chi connectivity index (χ0v) is 29.2. The van der Waals surface area contributed by atoms with Crippen molar-refractivity contribution >= 4 is 19.8 Å². The summed E-state index contributed by atoms with van der Waals surface area (Å²) < 4.78 is 0. The summed E-state index contributed by atoms with van der Waals surface area (Å²) in [7, 11) is -1.40. The van der Waals surface area contributed by atoms with Gasteiger partial charge in [0, 0.05) is 10.5 Å². The van der Waals surface area contributed by atoms with Crippen molar-refractivity contribution < 1.29 is 0 Å². The molecule has 1 aliphatic heterocycles. The predicted molar refractivity (Wildman–Crippen MR) is 176 cm³/mol. The van der Waals surface area contributed by atoms with Crippen molar-refractivity contribution in [1.29, 1.82) is 0 Å². The fourth-order valence-corrected chi connectivity index (χ4v) is 23.2. The van der Waals surface area contributed by atoms with Gasteiger partial charge in [-0.25, -0.2) is 0 Å². The molecule has 6 aliphatic rings. The molecule has 5 aliphatic carbocycles. The van der Waals surface area contributed by atoms with Gasteiger partial charge in [0.25, 0.3) is 0 Å². The molecule has 0 nitrogen and oxygen atoms in total. The number of hydrogen-bond acceptors (Lipinski definition) is 1. The maximum atomic E-state index is 2.94. The van der Waals surface area contributed by atoms with Gasteiger partial charge in [-0.05, 0) is 121 Å². The average molecular weight is 571 g/mol. The monoisotopic (exact) mass is 570 g/mol. The molecule has 0 amide bonds. The van der Waals surface area contributed by atoms with Crippen LogP contribution in [0.25, 0.3) is 0 Å². The highest BCUT2D eigenvalue weighted by atomic mass is 32.2. The minimum absolute atomic E-state index is 0.518. The summed E-state index contributed by atoms with van der Waals surface area (Å²) in [6, 6.07) is 0. The van der Waals surface area contributed by atoms with Crippen LogP contribution in [-0.4, -0.2) is 18.6 Å². The van der Waals surface area contributed by atoms with E-state index in [1.165, 1.54) is 32.1 Å². The second-order valence-corrected chi connectivity index (χ2v) is 24.7. The second-order valence-electron chi connectivity index (χ2n) is 18.1. The molecular weight excluding hydrogens is 505 g/mol. The van der Waals surface area contributed by atoms with E-state index in [0.29, 0.717) is 5.41 Å². The molecule has 0 bridgehead atoms. The Balaban J connectivity index is 1.18.